The second-order valence-electron chi connectivity index (χ2n) is 5.32. The number of fused-ring (bicyclic) bond motifs is 1. The second kappa shape index (κ2) is 4.92. The molecule has 0 amide bonds. The van der Waals surface area contributed by atoms with Crippen molar-refractivity contribution >= 4 is 17.0 Å². The predicted octanol–water partition coefficient (Wildman–Crippen LogP) is -0.331. The van der Waals surface area contributed by atoms with Crippen LogP contribution in [0.2, 0.25) is 0 Å². The molecule has 0 spiro atoms. The molecule has 1 aliphatic heterocycles. The Morgan fingerprint density at radius 3 is 2.95 bits per heavy atom. The molecule has 114 valence electrons. The van der Waals surface area contributed by atoms with Gasteiger partial charge in [-0.25, -0.2) is 4.98 Å². The molecule has 1 aliphatic rings. The van der Waals surface area contributed by atoms with Gasteiger partial charge in [-0.1, -0.05) is 0 Å². The van der Waals surface area contributed by atoms with Crippen molar-refractivity contribution in [3.8, 4) is 0 Å². The minimum atomic E-state index is -1.33. The molecule has 0 saturated carbocycles. The first kappa shape index (κ1) is 14.2. The second-order valence-corrected chi connectivity index (χ2v) is 5.32. The van der Waals surface area contributed by atoms with Crippen molar-refractivity contribution in [1.29, 1.82) is 0 Å². The van der Waals surface area contributed by atoms with Crippen LogP contribution in [0.5, 0.6) is 0 Å². The van der Waals surface area contributed by atoms with E-state index in [9.17, 15) is 10.2 Å². The van der Waals surface area contributed by atoms with E-state index in [-0.39, 0.29) is 12.6 Å². The normalized spacial score (nSPS) is 32.9. The van der Waals surface area contributed by atoms with Gasteiger partial charge >= 0.3 is 0 Å². The van der Waals surface area contributed by atoms with E-state index in [0.717, 1.165) is 5.39 Å². The Kier molecular flexibility index (Phi) is 3.33. The highest BCUT2D eigenvalue weighted by atomic mass is 16.6. The van der Waals surface area contributed by atoms with Gasteiger partial charge in [-0.15, -0.1) is 0 Å². The number of aliphatic hydroxyl groups is 2. The Morgan fingerprint density at radius 2 is 2.33 bits per heavy atom. The number of aliphatic hydroxyl groups excluding tert-OH is 1. The van der Waals surface area contributed by atoms with Crippen LogP contribution in [0.15, 0.2) is 18.5 Å². The molecule has 0 aromatic carbocycles. The van der Waals surface area contributed by atoms with Gasteiger partial charge in [0.05, 0.1) is 6.61 Å². The van der Waals surface area contributed by atoms with Crippen LogP contribution < -0.4 is 5.73 Å². The third-order valence-electron chi connectivity index (χ3n) is 3.88. The molecule has 8 nitrogen and oxygen atoms in total. The summed E-state index contributed by atoms with van der Waals surface area (Å²) in [6, 6.07) is 1.81. The third kappa shape index (κ3) is 2.07. The first-order valence-corrected chi connectivity index (χ1v) is 6.59. The maximum Gasteiger partial charge on any atom is 0.221 e. The summed E-state index contributed by atoms with van der Waals surface area (Å²) in [5.41, 5.74) is 4.85. The summed E-state index contributed by atoms with van der Waals surface area (Å²) >= 11 is 0. The number of nitrogen functional groups attached to an aromatic ring is 1. The molecular formula is C13H18N4O4. The summed E-state index contributed by atoms with van der Waals surface area (Å²) in [6.07, 6.45) is 1.33. The van der Waals surface area contributed by atoms with E-state index in [1.807, 2.05) is 6.07 Å². The van der Waals surface area contributed by atoms with Gasteiger partial charge in [-0.2, -0.15) is 4.98 Å². The lowest BCUT2D eigenvalue weighted by molar-refractivity contribution is -0.101. The molecule has 2 aromatic heterocycles. The van der Waals surface area contributed by atoms with Gasteiger partial charge in [0, 0.05) is 24.9 Å². The van der Waals surface area contributed by atoms with Crippen LogP contribution in [0.4, 0.5) is 5.95 Å². The standard InChI is InChI=1S/C13H18N4O4/c1-13(19)9(20-2)8(6-18)21-11(13)17-4-3-7-5-15-12(14)16-10(7)17/h3-5,8-9,11,18-19H,6H2,1-2H3,(H2,14,15,16)/t8-,9+,11-,13?/m1/s1. The molecule has 1 saturated heterocycles. The van der Waals surface area contributed by atoms with E-state index in [2.05, 4.69) is 9.97 Å². The van der Waals surface area contributed by atoms with Crippen LogP contribution in [-0.4, -0.2) is 56.3 Å². The maximum atomic E-state index is 10.8. The maximum absolute atomic E-state index is 10.8. The van der Waals surface area contributed by atoms with Gasteiger partial charge in [-0.05, 0) is 13.0 Å². The lowest BCUT2D eigenvalue weighted by Crippen LogP contribution is -2.45. The number of anilines is 1. The van der Waals surface area contributed by atoms with Crippen molar-refractivity contribution in [3.05, 3.63) is 18.5 Å². The highest BCUT2D eigenvalue weighted by Gasteiger charge is 2.54. The summed E-state index contributed by atoms with van der Waals surface area (Å²) in [5, 5.41) is 20.9. The fourth-order valence-corrected chi connectivity index (χ4v) is 2.91. The zero-order valence-corrected chi connectivity index (χ0v) is 11.8. The molecule has 4 atom stereocenters. The lowest BCUT2D eigenvalue weighted by Gasteiger charge is -2.29. The highest BCUT2D eigenvalue weighted by Crippen LogP contribution is 2.40. The number of hydrogen-bond acceptors (Lipinski definition) is 7. The molecular weight excluding hydrogens is 276 g/mol. The van der Waals surface area contributed by atoms with Crippen molar-refractivity contribution in [2.24, 2.45) is 0 Å². The average molecular weight is 294 g/mol. The van der Waals surface area contributed by atoms with Crippen molar-refractivity contribution in [2.75, 3.05) is 19.5 Å². The molecule has 8 heteroatoms. The van der Waals surface area contributed by atoms with Crippen molar-refractivity contribution < 1.29 is 19.7 Å². The smallest absolute Gasteiger partial charge is 0.221 e. The molecule has 21 heavy (non-hydrogen) atoms. The van der Waals surface area contributed by atoms with E-state index >= 15 is 0 Å². The zero-order chi connectivity index (χ0) is 15.2. The minimum Gasteiger partial charge on any atom is -0.394 e. The molecule has 3 rings (SSSR count). The Labute approximate surface area is 121 Å². The van der Waals surface area contributed by atoms with Crippen molar-refractivity contribution in [3.63, 3.8) is 0 Å². The number of rotatable bonds is 3. The topological polar surface area (TPSA) is 116 Å². The molecule has 2 aromatic rings. The van der Waals surface area contributed by atoms with Gasteiger partial charge in [0.1, 0.15) is 23.5 Å². The first-order chi connectivity index (χ1) is 9.98. The van der Waals surface area contributed by atoms with Crippen molar-refractivity contribution in [1.82, 2.24) is 14.5 Å². The van der Waals surface area contributed by atoms with Crippen LogP contribution in [-0.2, 0) is 9.47 Å². The number of nitrogens with zero attached hydrogens (tertiary/aromatic N) is 3. The van der Waals surface area contributed by atoms with E-state index < -0.39 is 24.0 Å². The van der Waals surface area contributed by atoms with Crippen LogP contribution in [0.25, 0.3) is 11.0 Å². The number of nitrogens with two attached hydrogens (primary N) is 1. The van der Waals surface area contributed by atoms with E-state index in [0.29, 0.717) is 5.65 Å². The molecule has 0 aliphatic carbocycles. The molecule has 1 unspecified atom stereocenters. The number of ether oxygens (including phenoxy) is 2. The fraction of sp³-hybridized carbons (Fsp3) is 0.538. The minimum absolute atomic E-state index is 0.141. The average Bonchev–Trinajstić information content (AvgIpc) is 2.95. The molecule has 0 bridgehead atoms. The summed E-state index contributed by atoms with van der Waals surface area (Å²) in [6.45, 7) is 1.36. The summed E-state index contributed by atoms with van der Waals surface area (Å²) in [5.74, 6) is 0.141. The third-order valence-corrected chi connectivity index (χ3v) is 3.88. The van der Waals surface area contributed by atoms with Gasteiger partial charge in [-0.3, -0.25) is 0 Å². The van der Waals surface area contributed by atoms with Crippen molar-refractivity contribution in [2.45, 2.75) is 31.0 Å². The summed E-state index contributed by atoms with van der Waals surface area (Å²) in [4.78, 5) is 8.11. The largest absolute Gasteiger partial charge is 0.394 e. The highest BCUT2D eigenvalue weighted by molar-refractivity contribution is 5.76. The number of methoxy groups -OCH3 is 1. The molecule has 0 radical (unpaired) electrons. The van der Waals surface area contributed by atoms with Crippen LogP contribution in [0.1, 0.15) is 13.2 Å². The SMILES string of the molecule is CO[C@H]1[C@@H](CO)O[C@@H](n2ccc3cnc(N)nc32)C1(C)O. The Hall–Kier alpha value is -1.74. The van der Waals surface area contributed by atoms with Gasteiger partial charge < -0.3 is 30.0 Å². The summed E-state index contributed by atoms with van der Waals surface area (Å²) in [7, 11) is 1.47. The predicted molar refractivity (Wildman–Crippen MR) is 74.4 cm³/mol. The van der Waals surface area contributed by atoms with Crippen LogP contribution in [0, 0.1) is 0 Å². The van der Waals surface area contributed by atoms with Gasteiger partial charge in [0.25, 0.3) is 0 Å². The number of aromatic nitrogens is 3. The monoisotopic (exact) mass is 294 g/mol. The number of hydrogen-bond donors (Lipinski definition) is 3. The summed E-state index contributed by atoms with van der Waals surface area (Å²) < 4.78 is 12.7. The van der Waals surface area contributed by atoms with Crippen LogP contribution in [0.3, 0.4) is 0 Å². The van der Waals surface area contributed by atoms with Gasteiger partial charge in [0.15, 0.2) is 6.23 Å². The molecule has 4 N–H and O–H groups in total. The first-order valence-electron chi connectivity index (χ1n) is 6.59. The lowest BCUT2D eigenvalue weighted by atomic mass is 9.96. The quantitative estimate of drug-likeness (QED) is 0.709. The molecule has 1 fully saturated rings. The van der Waals surface area contributed by atoms with Gasteiger partial charge in [0.2, 0.25) is 5.95 Å². The zero-order valence-electron chi connectivity index (χ0n) is 11.8. The van der Waals surface area contributed by atoms with E-state index in [4.69, 9.17) is 15.2 Å². The van der Waals surface area contributed by atoms with Crippen LogP contribution >= 0.6 is 0 Å². The molecule has 3 heterocycles. The Balaban J connectivity index is 2.08. The van der Waals surface area contributed by atoms with E-state index in [1.54, 1.807) is 23.9 Å². The van der Waals surface area contributed by atoms with E-state index in [1.165, 1.54) is 7.11 Å². The fourth-order valence-electron chi connectivity index (χ4n) is 2.91. The Bertz CT molecular complexity index is 657. The Morgan fingerprint density at radius 1 is 1.57 bits per heavy atom.